The van der Waals surface area contributed by atoms with Crippen LogP contribution in [0.5, 0.6) is 5.75 Å². The van der Waals surface area contributed by atoms with E-state index in [2.05, 4.69) is 11.7 Å². The van der Waals surface area contributed by atoms with Crippen LogP contribution in [0.15, 0.2) is 30.9 Å². The highest BCUT2D eigenvalue weighted by atomic mass is 32.1. The fourth-order valence-electron chi connectivity index (χ4n) is 3.59. The molecule has 0 atom stereocenters. The van der Waals surface area contributed by atoms with Gasteiger partial charge in [-0.2, -0.15) is 5.10 Å². The van der Waals surface area contributed by atoms with Gasteiger partial charge in [-0.05, 0) is 36.1 Å². The van der Waals surface area contributed by atoms with Crippen molar-refractivity contribution >= 4 is 39.1 Å². The van der Waals surface area contributed by atoms with Crippen LogP contribution < -0.4 is 16.2 Å². The molecule has 0 unspecified atom stereocenters. The molecule has 1 aromatic carbocycles. The zero-order valence-electron chi connectivity index (χ0n) is 16.1. The molecule has 0 radical (unpaired) electrons. The minimum Gasteiger partial charge on any atom is -0.495 e. The zero-order valence-corrected chi connectivity index (χ0v) is 17.0. The average Bonchev–Trinajstić information content (AvgIpc) is 3.21. The van der Waals surface area contributed by atoms with Gasteiger partial charge in [0.25, 0.3) is 5.91 Å². The molecule has 4 rings (SSSR count). The number of hydrogen-bond acceptors (Lipinski definition) is 6. The number of benzene rings is 1. The zero-order chi connectivity index (χ0) is 20.9. The van der Waals surface area contributed by atoms with E-state index in [-0.39, 0.29) is 23.3 Å². The number of thiophene rings is 1. The lowest BCUT2D eigenvalue weighted by Crippen LogP contribution is -2.50. The van der Waals surface area contributed by atoms with E-state index in [1.54, 1.807) is 16.7 Å². The summed E-state index contributed by atoms with van der Waals surface area (Å²) in [4.78, 5) is 26.3. The Hall–Kier alpha value is -3.33. The van der Waals surface area contributed by atoms with E-state index in [1.165, 1.54) is 17.4 Å². The molecule has 8 nitrogen and oxygen atoms in total. The van der Waals surface area contributed by atoms with E-state index in [4.69, 9.17) is 16.2 Å². The maximum atomic E-state index is 12.2. The van der Waals surface area contributed by atoms with Crippen LogP contribution in [0.3, 0.4) is 0 Å². The third kappa shape index (κ3) is 3.03. The van der Waals surface area contributed by atoms with E-state index in [9.17, 15) is 9.59 Å². The molecule has 29 heavy (non-hydrogen) atoms. The number of likely N-dealkylation sites (tertiary alicyclic amines) is 1. The highest BCUT2D eigenvalue weighted by Gasteiger charge is 2.35. The number of hydrogen-bond donors (Lipinski definition) is 2. The normalized spacial score (nSPS) is 14.1. The number of aromatic nitrogens is 2. The number of aryl methyl sites for hydroxylation is 1. The lowest BCUT2D eigenvalue weighted by molar-refractivity contribution is -0.131. The van der Waals surface area contributed by atoms with Crippen LogP contribution in [0.1, 0.15) is 22.0 Å². The van der Waals surface area contributed by atoms with Gasteiger partial charge in [-0.3, -0.25) is 9.59 Å². The molecule has 1 aliphatic heterocycles. The number of fused-ring (bicyclic) bond motifs is 1. The van der Waals surface area contributed by atoms with Crippen molar-refractivity contribution in [3.63, 3.8) is 0 Å². The standard InChI is InChI=1S/C20H21N5O3S/c1-4-15(26)24-8-12(9-24)25-19(21)16(20(22)27)17(23-25)14-7-11-5-10(2)6-13(28-3)18(11)29-14/h4-7,12H,1,8-9,21H2,2-3H3,(H2,22,27). The third-order valence-electron chi connectivity index (χ3n) is 5.07. The predicted molar refractivity (Wildman–Crippen MR) is 113 cm³/mol. The summed E-state index contributed by atoms with van der Waals surface area (Å²) in [6, 6.07) is 5.86. The predicted octanol–water partition coefficient (Wildman–Crippen LogP) is 2.33. The van der Waals surface area contributed by atoms with E-state index in [0.717, 1.165) is 26.3 Å². The van der Waals surface area contributed by atoms with Crippen LogP contribution in [0.4, 0.5) is 5.82 Å². The summed E-state index contributed by atoms with van der Waals surface area (Å²) in [7, 11) is 1.63. The second-order valence-corrected chi connectivity index (χ2v) is 8.07. The number of ether oxygens (including phenoxy) is 1. The van der Waals surface area contributed by atoms with E-state index in [0.29, 0.717) is 18.8 Å². The maximum absolute atomic E-state index is 12.2. The Morgan fingerprint density at radius 3 is 2.69 bits per heavy atom. The van der Waals surface area contributed by atoms with E-state index < -0.39 is 5.91 Å². The molecule has 150 valence electrons. The van der Waals surface area contributed by atoms with Gasteiger partial charge in [-0.1, -0.05) is 12.6 Å². The Kier molecular flexibility index (Phi) is 4.54. The summed E-state index contributed by atoms with van der Waals surface area (Å²) < 4.78 is 8.05. The SMILES string of the molecule is C=CC(=O)N1CC(n2nc(-c3cc4cc(C)cc(OC)c4s3)c(C(N)=O)c2N)C1. The Labute approximate surface area is 171 Å². The molecule has 0 spiro atoms. The minimum absolute atomic E-state index is 0.114. The quantitative estimate of drug-likeness (QED) is 0.625. The number of amides is 2. The van der Waals surface area contributed by atoms with Crippen molar-refractivity contribution < 1.29 is 14.3 Å². The minimum atomic E-state index is -0.636. The fourth-order valence-corrected chi connectivity index (χ4v) is 4.72. The van der Waals surface area contributed by atoms with Crippen LogP contribution in [-0.2, 0) is 4.79 Å². The van der Waals surface area contributed by atoms with Crippen LogP contribution in [0.25, 0.3) is 20.7 Å². The van der Waals surface area contributed by atoms with Gasteiger partial charge < -0.3 is 21.1 Å². The molecule has 1 fully saturated rings. The lowest BCUT2D eigenvalue weighted by atomic mass is 10.1. The van der Waals surface area contributed by atoms with Gasteiger partial charge in [0, 0.05) is 13.1 Å². The molecule has 3 aromatic rings. The average molecular weight is 411 g/mol. The topological polar surface area (TPSA) is 116 Å². The second-order valence-electron chi connectivity index (χ2n) is 7.02. The third-order valence-corrected chi connectivity index (χ3v) is 6.24. The number of nitrogen functional groups attached to an aromatic ring is 1. The van der Waals surface area contributed by atoms with Crippen molar-refractivity contribution in [2.75, 3.05) is 25.9 Å². The molecule has 4 N–H and O–H groups in total. The van der Waals surface area contributed by atoms with Crippen LogP contribution >= 0.6 is 11.3 Å². The summed E-state index contributed by atoms with van der Waals surface area (Å²) in [5, 5.41) is 5.61. The first kappa shape index (κ1) is 19.0. The molecule has 9 heteroatoms. The number of methoxy groups -OCH3 is 1. The molecule has 2 amide bonds. The van der Waals surface area contributed by atoms with Crippen molar-refractivity contribution in [1.29, 1.82) is 0 Å². The number of carbonyl (C=O) groups is 2. The molecule has 1 saturated heterocycles. The van der Waals surface area contributed by atoms with Crippen molar-refractivity contribution in [2.45, 2.75) is 13.0 Å². The van der Waals surface area contributed by atoms with Crippen LogP contribution in [0.2, 0.25) is 0 Å². The van der Waals surface area contributed by atoms with Gasteiger partial charge >= 0.3 is 0 Å². The van der Waals surface area contributed by atoms with Crippen LogP contribution in [0, 0.1) is 6.92 Å². The number of anilines is 1. The fraction of sp³-hybridized carbons (Fsp3) is 0.250. The number of carbonyl (C=O) groups excluding carboxylic acids is 2. The summed E-state index contributed by atoms with van der Waals surface area (Å²) in [6.07, 6.45) is 1.27. The highest BCUT2D eigenvalue weighted by Crippen LogP contribution is 2.41. The lowest BCUT2D eigenvalue weighted by Gasteiger charge is -2.38. The maximum Gasteiger partial charge on any atom is 0.254 e. The van der Waals surface area contributed by atoms with E-state index in [1.807, 2.05) is 25.1 Å². The molecular weight excluding hydrogens is 390 g/mol. The summed E-state index contributed by atoms with van der Waals surface area (Å²) in [5.74, 6) is 0.197. The first-order valence-corrected chi connectivity index (χ1v) is 9.83. The van der Waals surface area contributed by atoms with Crippen molar-refractivity contribution in [3.8, 4) is 16.3 Å². The molecule has 0 bridgehead atoms. The van der Waals surface area contributed by atoms with E-state index >= 15 is 0 Å². The summed E-state index contributed by atoms with van der Waals surface area (Å²) >= 11 is 1.47. The van der Waals surface area contributed by atoms with Gasteiger partial charge in [0.1, 0.15) is 22.8 Å². The molecule has 2 aromatic heterocycles. The molecular formula is C20H21N5O3S. The summed E-state index contributed by atoms with van der Waals surface area (Å²) in [5.41, 5.74) is 13.6. The van der Waals surface area contributed by atoms with Crippen molar-refractivity contribution in [1.82, 2.24) is 14.7 Å². The largest absolute Gasteiger partial charge is 0.495 e. The highest BCUT2D eigenvalue weighted by molar-refractivity contribution is 7.22. The first-order valence-electron chi connectivity index (χ1n) is 9.01. The summed E-state index contributed by atoms with van der Waals surface area (Å²) in [6.45, 7) is 6.39. The van der Waals surface area contributed by atoms with Crippen molar-refractivity contribution in [2.24, 2.45) is 5.73 Å². The number of rotatable bonds is 5. The molecule has 0 saturated carbocycles. The van der Waals surface area contributed by atoms with Gasteiger partial charge in [0.2, 0.25) is 5.91 Å². The Balaban J connectivity index is 1.78. The van der Waals surface area contributed by atoms with Crippen molar-refractivity contribution in [3.05, 3.63) is 42.0 Å². The number of nitrogens with zero attached hydrogens (tertiary/aromatic N) is 3. The van der Waals surface area contributed by atoms with Gasteiger partial charge in [-0.15, -0.1) is 11.3 Å². The molecule has 1 aliphatic rings. The van der Waals surface area contributed by atoms with Crippen LogP contribution in [-0.4, -0.2) is 46.7 Å². The number of primary amides is 1. The molecule has 0 aliphatic carbocycles. The smallest absolute Gasteiger partial charge is 0.254 e. The second kappa shape index (κ2) is 6.93. The monoisotopic (exact) mass is 411 g/mol. The van der Waals surface area contributed by atoms with Gasteiger partial charge in [0.15, 0.2) is 0 Å². The number of nitrogens with two attached hydrogens (primary N) is 2. The van der Waals surface area contributed by atoms with Gasteiger partial charge in [-0.25, -0.2) is 4.68 Å². The van der Waals surface area contributed by atoms with Gasteiger partial charge in [0.05, 0.1) is 22.7 Å². The molecule has 3 heterocycles. The Bertz CT molecular complexity index is 1160. The first-order chi connectivity index (χ1) is 13.8. The Morgan fingerprint density at radius 2 is 2.07 bits per heavy atom. The Morgan fingerprint density at radius 1 is 1.34 bits per heavy atom.